The summed E-state index contributed by atoms with van der Waals surface area (Å²) in [6, 6.07) is 2.10. The smallest absolute Gasteiger partial charge is 0.222 e. The zero-order chi connectivity index (χ0) is 16.1. The van der Waals surface area contributed by atoms with Crippen LogP contribution in [0.5, 0.6) is 0 Å². The number of amides is 1. The van der Waals surface area contributed by atoms with E-state index in [0.29, 0.717) is 12.3 Å². The lowest BCUT2D eigenvalue weighted by atomic mass is 9.89. The molecule has 0 saturated carbocycles. The third-order valence-electron chi connectivity index (χ3n) is 5.16. The highest BCUT2D eigenvalue weighted by molar-refractivity contribution is 7.07. The van der Waals surface area contributed by atoms with E-state index >= 15 is 0 Å². The van der Waals surface area contributed by atoms with Gasteiger partial charge in [-0.15, -0.1) is 0 Å². The first-order valence-electron chi connectivity index (χ1n) is 8.86. The van der Waals surface area contributed by atoms with Crippen molar-refractivity contribution in [3.8, 4) is 0 Å². The normalized spacial score (nSPS) is 25.9. The average Bonchev–Trinajstić information content (AvgIpc) is 3.25. The predicted octanol–water partition coefficient (Wildman–Crippen LogP) is 2.23. The SMILES string of the molecule is O=C(CCc1ccsc1)N1C[C@@H](CN2CCCC2)C[C@H](CO)C1. The van der Waals surface area contributed by atoms with Gasteiger partial charge in [-0.2, -0.15) is 11.3 Å². The van der Waals surface area contributed by atoms with Crippen molar-refractivity contribution in [2.24, 2.45) is 11.8 Å². The minimum Gasteiger partial charge on any atom is -0.396 e. The van der Waals surface area contributed by atoms with E-state index in [1.165, 1.54) is 31.5 Å². The fourth-order valence-corrected chi connectivity index (χ4v) is 4.66. The van der Waals surface area contributed by atoms with Crippen LogP contribution in [0.4, 0.5) is 0 Å². The van der Waals surface area contributed by atoms with Crippen LogP contribution in [-0.2, 0) is 11.2 Å². The van der Waals surface area contributed by atoms with Crippen LogP contribution in [0.15, 0.2) is 16.8 Å². The Morgan fingerprint density at radius 1 is 1.26 bits per heavy atom. The van der Waals surface area contributed by atoms with Gasteiger partial charge in [0.25, 0.3) is 0 Å². The number of aliphatic hydroxyl groups is 1. The molecule has 2 fully saturated rings. The Morgan fingerprint density at radius 3 is 2.74 bits per heavy atom. The summed E-state index contributed by atoms with van der Waals surface area (Å²) in [7, 11) is 0. The molecule has 3 rings (SSSR count). The second-order valence-corrected chi connectivity index (χ2v) is 7.87. The Hall–Kier alpha value is -0.910. The van der Waals surface area contributed by atoms with E-state index in [4.69, 9.17) is 0 Å². The van der Waals surface area contributed by atoms with E-state index < -0.39 is 0 Å². The lowest BCUT2D eigenvalue weighted by Gasteiger charge is -2.38. The molecule has 1 amide bonds. The number of thiophene rings is 1. The molecule has 0 radical (unpaired) electrons. The number of nitrogens with zero attached hydrogens (tertiary/aromatic N) is 2. The van der Waals surface area contributed by atoms with Crippen molar-refractivity contribution < 1.29 is 9.90 Å². The third kappa shape index (κ3) is 4.78. The number of hydrogen-bond acceptors (Lipinski definition) is 4. The van der Waals surface area contributed by atoms with Gasteiger partial charge in [-0.3, -0.25) is 4.79 Å². The number of piperidine rings is 1. The molecule has 23 heavy (non-hydrogen) atoms. The molecule has 1 aromatic heterocycles. The van der Waals surface area contributed by atoms with Crippen molar-refractivity contribution in [2.75, 3.05) is 39.3 Å². The van der Waals surface area contributed by atoms with Crippen molar-refractivity contribution in [1.82, 2.24) is 9.80 Å². The molecule has 2 atom stereocenters. The lowest BCUT2D eigenvalue weighted by Crippen LogP contribution is -2.47. The van der Waals surface area contributed by atoms with Gasteiger partial charge in [0.2, 0.25) is 5.91 Å². The van der Waals surface area contributed by atoms with Gasteiger partial charge < -0.3 is 14.9 Å². The topological polar surface area (TPSA) is 43.8 Å². The highest BCUT2D eigenvalue weighted by Gasteiger charge is 2.30. The first kappa shape index (κ1) is 16.9. The van der Waals surface area contributed by atoms with Crippen LogP contribution >= 0.6 is 11.3 Å². The van der Waals surface area contributed by atoms with Crippen molar-refractivity contribution in [3.63, 3.8) is 0 Å². The fourth-order valence-electron chi connectivity index (χ4n) is 3.96. The Balaban J connectivity index is 1.52. The standard InChI is InChI=1S/C18H28N2O2S/c21-13-17-9-16(10-19-6-1-2-7-19)11-20(12-17)18(22)4-3-15-5-8-23-14-15/h5,8,14,16-17,21H,1-4,6-7,9-13H2/t16-,17+/m1/s1. The molecule has 2 aliphatic heterocycles. The molecule has 0 bridgehead atoms. The molecule has 2 saturated heterocycles. The first-order valence-corrected chi connectivity index (χ1v) is 9.81. The van der Waals surface area contributed by atoms with E-state index in [1.807, 2.05) is 4.90 Å². The number of aryl methyl sites for hydroxylation is 1. The summed E-state index contributed by atoms with van der Waals surface area (Å²) in [6.45, 7) is 5.29. The van der Waals surface area contributed by atoms with Crippen molar-refractivity contribution in [1.29, 1.82) is 0 Å². The Bertz CT molecular complexity index is 485. The summed E-state index contributed by atoms with van der Waals surface area (Å²) >= 11 is 1.69. The number of carbonyl (C=O) groups is 1. The van der Waals surface area contributed by atoms with Gasteiger partial charge in [-0.1, -0.05) is 0 Å². The summed E-state index contributed by atoms with van der Waals surface area (Å²) in [6.07, 6.45) is 5.09. The van der Waals surface area contributed by atoms with Gasteiger partial charge >= 0.3 is 0 Å². The Kier molecular flexibility index (Phi) is 6.08. The molecule has 0 spiro atoms. The number of likely N-dealkylation sites (tertiary alicyclic amines) is 2. The number of hydrogen-bond donors (Lipinski definition) is 1. The molecule has 5 heteroatoms. The highest BCUT2D eigenvalue weighted by atomic mass is 32.1. The van der Waals surface area contributed by atoms with Gasteiger partial charge in [-0.05, 0) is 73.0 Å². The molecule has 128 valence electrons. The van der Waals surface area contributed by atoms with Crippen LogP contribution in [0.1, 0.15) is 31.2 Å². The van der Waals surface area contributed by atoms with Gasteiger partial charge in [0.05, 0.1) is 0 Å². The molecule has 1 N–H and O–H groups in total. The first-order chi connectivity index (χ1) is 11.2. The Labute approximate surface area is 143 Å². The Morgan fingerprint density at radius 2 is 2.04 bits per heavy atom. The van der Waals surface area contributed by atoms with Gasteiger partial charge in [0.15, 0.2) is 0 Å². The van der Waals surface area contributed by atoms with Gasteiger partial charge in [-0.25, -0.2) is 0 Å². The van der Waals surface area contributed by atoms with Crippen LogP contribution in [0.3, 0.4) is 0 Å². The molecule has 2 aliphatic rings. The maximum Gasteiger partial charge on any atom is 0.222 e. The van der Waals surface area contributed by atoms with Crippen LogP contribution in [0.25, 0.3) is 0 Å². The second-order valence-electron chi connectivity index (χ2n) is 7.09. The van der Waals surface area contributed by atoms with Crippen molar-refractivity contribution in [3.05, 3.63) is 22.4 Å². The number of rotatable bonds is 6. The zero-order valence-electron chi connectivity index (χ0n) is 13.8. The maximum atomic E-state index is 12.6. The minimum absolute atomic E-state index is 0.199. The number of aliphatic hydroxyl groups excluding tert-OH is 1. The monoisotopic (exact) mass is 336 g/mol. The molecular weight excluding hydrogens is 308 g/mol. The molecule has 0 aromatic carbocycles. The van der Waals surface area contributed by atoms with Gasteiger partial charge in [0, 0.05) is 32.7 Å². The predicted molar refractivity (Wildman–Crippen MR) is 93.6 cm³/mol. The lowest BCUT2D eigenvalue weighted by molar-refractivity contribution is -0.134. The number of carbonyl (C=O) groups excluding carboxylic acids is 1. The highest BCUT2D eigenvalue weighted by Crippen LogP contribution is 2.25. The zero-order valence-corrected chi connectivity index (χ0v) is 14.6. The van der Waals surface area contributed by atoms with Crippen molar-refractivity contribution in [2.45, 2.75) is 32.1 Å². The molecule has 4 nitrogen and oxygen atoms in total. The fraction of sp³-hybridized carbons (Fsp3) is 0.722. The molecular formula is C18H28N2O2S. The molecule has 3 heterocycles. The van der Waals surface area contributed by atoms with E-state index in [-0.39, 0.29) is 18.4 Å². The van der Waals surface area contributed by atoms with Crippen LogP contribution in [-0.4, -0.2) is 60.1 Å². The summed E-state index contributed by atoms with van der Waals surface area (Å²) in [4.78, 5) is 17.1. The quantitative estimate of drug-likeness (QED) is 0.866. The maximum absolute atomic E-state index is 12.6. The second kappa shape index (κ2) is 8.27. The van der Waals surface area contributed by atoms with Crippen molar-refractivity contribution >= 4 is 17.2 Å². The van der Waals surface area contributed by atoms with Crippen LogP contribution in [0, 0.1) is 11.8 Å². The van der Waals surface area contributed by atoms with E-state index in [2.05, 4.69) is 21.7 Å². The van der Waals surface area contributed by atoms with E-state index in [1.54, 1.807) is 11.3 Å². The van der Waals surface area contributed by atoms with E-state index in [0.717, 1.165) is 32.5 Å². The molecule has 0 unspecified atom stereocenters. The summed E-state index contributed by atoms with van der Waals surface area (Å²) in [5.41, 5.74) is 1.26. The largest absolute Gasteiger partial charge is 0.396 e. The van der Waals surface area contributed by atoms with Crippen LogP contribution in [0.2, 0.25) is 0 Å². The summed E-state index contributed by atoms with van der Waals surface area (Å²) in [5, 5.41) is 13.8. The average molecular weight is 337 g/mol. The van der Waals surface area contributed by atoms with Gasteiger partial charge in [0.1, 0.15) is 0 Å². The van der Waals surface area contributed by atoms with E-state index in [9.17, 15) is 9.90 Å². The molecule has 0 aliphatic carbocycles. The van der Waals surface area contributed by atoms with Crippen LogP contribution < -0.4 is 0 Å². The molecule has 1 aromatic rings. The summed E-state index contributed by atoms with van der Waals surface area (Å²) in [5.74, 6) is 1.02. The minimum atomic E-state index is 0.199. The summed E-state index contributed by atoms with van der Waals surface area (Å²) < 4.78 is 0. The third-order valence-corrected chi connectivity index (χ3v) is 5.89.